The molecule has 7 heteroatoms. The Balaban J connectivity index is 1.35. The normalized spacial score (nSPS) is 16.6. The number of nitrogens with zero attached hydrogens (tertiary/aromatic N) is 4. The zero-order chi connectivity index (χ0) is 19.5. The van der Waals surface area contributed by atoms with Crippen molar-refractivity contribution in [1.82, 2.24) is 14.9 Å². The number of aromatic nitrogens is 2. The highest BCUT2D eigenvalue weighted by Gasteiger charge is 2.21. The molecule has 0 unspecified atom stereocenters. The molecule has 2 aromatic rings. The van der Waals surface area contributed by atoms with E-state index in [4.69, 9.17) is 14.5 Å². The number of aryl methyl sites for hydroxylation is 1. The fraction of sp³-hybridized carbons (Fsp3) is 0.524. The van der Waals surface area contributed by atoms with Gasteiger partial charge >= 0.3 is 0 Å². The summed E-state index contributed by atoms with van der Waals surface area (Å²) in [4.78, 5) is 14.1. The number of hydrogen-bond donors (Lipinski definition) is 1. The van der Waals surface area contributed by atoms with Crippen LogP contribution in [-0.2, 0) is 6.54 Å². The van der Waals surface area contributed by atoms with E-state index in [1.807, 2.05) is 19.1 Å². The van der Waals surface area contributed by atoms with Gasteiger partial charge in [-0.3, -0.25) is 4.90 Å². The van der Waals surface area contributed by atoms with E-state index in [1.165, 1.54) is 5.56 Å². The number of fused-ring (bicyclic) bond motifs is 1. The van der Waals surface area contributed by atoms with E-state index >= 15 is 0 Å². The maximum absolute atomic E-state index is 5.49. The van der Waals surface area contributed by atoms with E-state index in [0.29, 0.717) is 12.7 Å². The SMILES string of the molecule is Cc1cc(NCC(C)C)nc(N2CCN(Cc3ccc4c(c3)OCO4)CC2)n1. The molecule has 1 N–H and O–H groups in total. The highest BCUT2D eigenvalue weighted by Crippen LogP contribution is 2.32. The molecular formula is C21H29N5O2. The Morgan fingerprint density at radius 3 is 2.61 bits per heavy atom. The Morgan fingerprint density at radius 1 is 1.04 bits per heavy atom. The summed E-state index contributed by atoms with van der Waals surface area (Å²) >= 11 is 0. The number of benzene rings is 1. The first-order valence-corrected chi connectivity index (χ1v) is 10.0. The molecule has 1 aromatic carbocycles. The Hall–Kier alpha value is -2.54. The van der Waals surface area contributed by atoms with Crippen molar-refractivity contribution in [3.05, 3.63) is 35.5 Å². The predicted octanol–water partition coefficient (Wildman–Crippen LogP) is 2.90. The lowest BCUT2D eigenvalue weighted by atomic mass is 10.1. The van der Waals surface area contributed by atoms with Crippen molar-refractivity contribution in [2.24, 2.45) is 5.92 Å². The van der Waals surface area contributed by atoms with Crippen LogP contribution in [0, 0.1) is 12.8 Å². The molecule has 4 rings (SSSR count). The Labute approximate surface area is 166 Å². The predicted molar refractivity (Wildman–Crippen MR) is 110 cm³/mol. The van der Waals surface area contributed by atoms with Crippen molar-refractivity contribution < 1.29 is 9.47 Å². The summed E-state index contributed by atoms with van der Waals surface area (Å²) in [6.45, 7) is 12.4. The van der Waals surface area contributed by atoms with Gasteiger partial charge in [0.05, 0.1) is 0 Å². The van der Waals surface area contributed by atoms with Gasteiger partial charge in [-0.15, -0.1) is 0 Å². The van der Waals surface area contributed by atoms with Crippen LogP contribution in [-0.4, -0.2) is 54.4 Å². The Bertz CT molecular complexity index is 818. The molecule has 28 heavy (non-hydrogen) atoms. The van der Waals surface area contributed by atoms with Crippen LogP contribution in [0.3, 0.4) is 0 Å². The number of piperazine rings is 1. The summed E-state index contributed by atoms with van der Waals surface area (Å²) < 4.78 is 10.9. The molecule has 0 amide bonds. The summed E-state index contributed by atoms with van der Waals surface area (Å²) in [6.07, 6.45) is 0. The summed E-state index contributed by atoms with van der Waals surface area (Å²) in [5.41, 5.74) is 2.25. The summed E-state index contributed by atoms with van der Waals surface area (Å²) in [6, 6.07) is 8.23. The van der Waals surface area contributed by atoms with Crippen molar-refractivity contribution in [2.45, 2.75) is 27.3 Å². The average molecular weight is 383 g/mol. The molecule has 2 aliphatic rings. The van der Waals surface area contributed by atoms with Gasteiger partial charge < -0.3 is 19.7 Å². The van der Waals surface area contributed by atoms with Crippen molar-refractivity contribution in [3.8, 4) is 11.5 Å². The van der Waals surface area contributed by atoms with Gasteiger partial charge in [0.25, 0.3) is 0 Å². The third-order valence-electron chi connectivity index (χ3n) is 5.03. The first-order valence-electron chi connectivity index (χ1n) is 10.0. The maximum atomic E-state index is 5.49. The van der Waals surface area contributed by atoms with Crippen LogP contribution in [0.2, 0.25) is 0 Å². The molecule has 0 saturated carbocycles. The van der Waals surface area contributed by atoms with Gasteiger partial charge in [0, 0.05) is 51.0 Å². The smallest absolute Gasteiger partial charge is 0.231 e. The van der Waals surface area contributed by atoms with Crippen LogP contribution >= 0.6 is 0 Å². The van der Waals surface area contributed by atoms with Crippen molar-refractivity contribution in [1.29, 1.82) is 0 Å². The van der Waals surface area contributed by atoms with Crippen LogP contribution in [0.5, 0.6) is 11.5 Å². The van der Waals surface area contributed by atoms with Gasteiger partial charge in [0.15, 0.2) is 11.5 Å². The van der Waals surface area contributed by atoms with Crippen molar-refractivity contribution >= 4 is 11.8 Å². The molecular weight excluding hydrogens is 354 g/mol. The minimum absolute atomic E-state index is 0.321. The number of anilines is 2. The van der Waals surface area contributed by atoms with Gasteiger partial charge in [0.2, 0.25) is 12.7 Å². The van der Waals surface area contributed by atoms with Gasteiger partial charge in [-0.25, -0.2) is 4.98 Å². The van der Waals surface area contributed by atoms with E-state index in [2.05, 4.69) is 46.1 Å². The lowest BCUT2D eigenvalue weighted by Gasteiger charge is -2.35. The van der Waals surface area contributed by atoms with E-state index in [-0.39, 0.29) is 0 Å². The second kappa shape index (κ2) is 8.22. The quantitative estimate of drug-likeness (QED) is 0.823. The first kappa shape index (κ1) is 18.8. The van der Waals surface area contributed by atoms with Crippen LogP contribution in [0.4, 0.5) is 11.8 Å². The fourth-order valence-electron chi connectivity index (χ4n) is 3.50. The summed E-state index contributed by atoms with van der Waals surface area (Å²) in [5, 5.41) is 3.42. The minimum atomic E-state index is 0.321. The van der Waals surface area contributed by atoms with Crippen LogP contribution < -0.4 is 19.7 Å². The molecule has 0 aliphatic carbocycles. The van der Waals surface area contributed by atoms with E-state index in [0.717, 1.165) is 68.2 Å². The van der Waals surface area contributed by atoms with Crippen LogP contribution in [0.15, 0.2) is 24.3 Å². The standard InChI is InChI=1S/C21H29N5O2/c1-15(2)12-22-20-10-16(3)23-21(24-20)26-8-6-25(7-9-26)13-17-4-5-18-19(11-17)28-14-27-18/h4-5,10-11,15H,6-9,12-14H2,1-3H3,(H,22,23,24). The number of rotatable bonds is 6. The maximum Gasteiger partial charge on any atom is 0.231 e. The van der Waals surface area contributed by atoms with Gasteiger partial charge in [-0.2, -0.15) is 4.98 Å². The minimum Gasteiger partial charge on any atom is -0.454 e. The third-order valence-corrected chi connectivity index (χ3v) is 5.03. The molecule has 2 aliphatic heterocycles. The number of hydrogen-bond acceptors (Lipinski definition) is 7. The molecule has 0 bridgehead atoms. The fourth-order valence-corrected chi connectivity index (χ4v) is 3.50. The molecule has 0 atom stereocenters. The first-order chi connectivity index (χ1) is 13.6. The lowest BCUT2D eigenvalue weighted by Crippen LogP contribution is -2.46. The topological polar surface area (TPSA) is 62.8 Å². The lowest BCUT2D eigenvalue weighted by molar-refractivity contribution is 0.174. The van der Waals surface area contributed by atoms with Gasteiger partial charge in [0.1, 0.15) is 5.82 Å². The Morgan fingerprint density at radius 2 is 1.82 bits per heavy atom. The number of ether oxygens (including phenoxy) is 2. The molecule has 7 nitrogen and oxygen atoms in total. The van der Waals surface area contributed by atoms with Crippen molar-refractivity contribution in [2.75, 3.05) is 49.7 Å². The van der Waals surface area contributed by atoms with Gasteiger partial charge in [-0.1, -0.05) is 19.9 Å². The Kier molecular flexibility index (Phi) is 5.52. The summed E-state index contributed by atoms with van der Waals surface area (Å²) in [5.74, 6) is 4.02. The van der Waals surface area contributed by atoms with Gasteiger partial charge in [-0.05, 0) is 30.5 Å². The van der Waals surface area contributed by atoms with E-state index < -0.39 is 0 Å². The molecule has 1 aromatic heterocycles. The highest BCUT2D eigenvalue weighted by atomic mass is 16.7. The monoisotopic (exact) mass is 383 g/mol. The second-order valence-electron chi connectivity index (χ2n) is 7.92. The zero-order valence-corrected chi connectivity index (χ0v) is 16.9. The highest BCUT2D eigenvalue weighted by molar-refractivity contribution is 5.45. The van der Waals surface area contributed by atoms with Crippen LogP contribution in [0.25, 0.3) is 0 Å². The molecule has 1 fully saturated rings. The van der Waals surface area contributed by atoms with Crippen LogP contribution in [0.1, 0.15) is 25.1 Å². The molecule has 3 heterocycles. The second-order valence-corrected chi connectivity index (χ2v) is 7.92. The average Bonchev–Trinajstić information content (AvgIpc) is 3.14. The molecule has 0 radical (unpaired) electrons. The molecule has 1 saturated heterocycles. The van der Waals surface area contributed by atoms with E-state index in [1.54, 1.807) is 0 Å². The third kappa shape index (κ3) is 4.47. The summed E-state index contributed by atoms with van der Waals surface area (Å²) in [7, 11) is 0. The molecule has 150 valence electrons. The molecule has 0 spiro atoms. The van der Waals surface area contributed by atoms with Crippen molar-refractivity contribution in [3.63, 3.8) is 0 Å². The largest absolute Gasteiger partial charge is 0.454 e. The number of nitrogens with one attached hydrogen (secondary N) is 1. The van der Waals surface area contributed by atoms with E-state index in [9.17, 15) is 0 Å². The zero-order valence-electron chi connectivity index (χ0n) is 16.9.